The molecule has 1 N–H and O–H groups in total. The number of nitrogens with one attached hydrogen (secondary N) is 1. The van der Waals surface area contributed by atoms with Crippen molar-refractivity contribution < 1.29 is 8.42 Å². The van der Waals surface area contributed by atoms with Gasteiger partial charge in [-0.15, -0.1) is 0 Å². The lowest BCUT2D eigenvalue weighted by atomic mass is 10.1. The zero-order chi connectivity index (χ0) is 15.3. The number of benzene rings is 1. The third-order valence-corrected chi connectivity index (χ3v) is 5.86. The SMILES string of the molecule is CC(NCCN1CCSCC1)c1ccc(S(C)(=O)=O)cc1. The molecule has 0 amide bonds. The summed E-state index contributed by atoms with van der Waals surface area (Å²) in [4.78, 5) is 2.87. The van der Waals surface area contributed by atoms with Crippen molar-refractivity contribution in [3.8, 4) is 0 Å². The second-order valence-electron chi connectivity index (χ2n) is 5.47. The van der Waals surface area contributed by atoms with Crippen LogP contribution in [0.4, 0.5) is 0 Å². The van der Waals surface area contributed by atoms with E-state index < -0.39 is 9.84 Å². The van der Waals surface area contributed by atoms with E-state index in [1.165, 1.54) is 30.9 Å². The van der Waals surface area contributed by atoms with Crippen LogP contribution in [-0.4, -0.2) is 57.3 Å². The number of nitrogens with zero attached hydrogens (tertiary/aromatic N) is 1. The van der Waals surface area contributed by atoms with E-state index in [0.717, 1.165) is 18.7 Å². The molecule has 1 aliphatic rings. The van der Waals surface area contributed by atoms with Crippen molar-refractivity contribution >= 4 is 21.6 Å². The second kappa shape index (κ2) is 7.63. The number of sulfone groups is 1. The Morgan fingerprint density at radius 3 is 2.43 bits per heavy atom. The van der Waals surface area contributed by atoms with Gasteiger partial charge in [0.1, 0.15) is 0 Å². The summed E-state index contributed by atoms with van der Waals surface area (Å²) in [5, 5.41) is 3.51. The molecule has 2 rings (SSSR count). The smallest absolute Gasteiger partial charge is 0.175 e. The molecule has 1 aromatic carbocycles. The molecule has 1 saturated heterocycles. The maximum Gasteiger partial charge on any atom is 0.175 e. The Hall–Kier alpha value is -0.560. The average molecular weight is 329 g/mol. The van der Waals surface area contributed by atoms with E-state index in [-0.39, 0.29) is 6.04 Å². The number of hydrogen-bond acceptors (Lipinski definition) is 5. The van der Waals surface area contributed by atoms with Gasteiger partial charge in [0.25, 0.3) is 0 Å². The molecule has 6 heteroatoms. The van der Waals surface area contributed by atoms with Crippen LogP contribution in [0.2, 0.25) is 0 Å². The Morgan fingerprint density at radius 1 is 1.24 bits per heavy atom. The maximum absolute atomic E-state index is 11.4. The summed E-state index contributed by atoms with van der Waals surface area (Å²) in [6.45, 7) is 6.51. The van der Waals surface area contributed by atoms with E-state index in [1.54, 1.807) is 12.1 Å². The zero-order valence-corrected chi connectivity index (χ0v) is 14.3. The first-order valence-corrected chi connectivity index (χ1v) is 10.3. The van der Waals surface area contributed by atoms with Gasteiger partial charge in [0.05, 0.1) is 4.90 Å². The molecule has 0 saturated carbocycles. The molecule has 0 aromatic heterocycles. The molecule has 0 spiro atoms. The quantitative estimate of drug-likeness (QED) is 0.863. The van der Waals surface area contributed by atoms with Gasteiger partial charge in [0, 0.05) is 50.0 Å². The summed E-state index contributed by atoms with van der Waals surface area (Å²) in [6.07, 6.45) is 1.24. The minimum Gasteiger partial charge on any atom is -0.309 e. The van der Waals surface area contributed by atoms with Crippen molar-refractivity contribution in [2.45, 2.75) is 17.9 Å². The number of thioether (sulfide) groups is 1. The Labute approximate surface area is 132 Å². The molecule has 1 atom stereocenters. The van der Waals surface area contributed by atoms with Gasteiger partial charge in [0.15, 0.2) is 9.84 Å². The summed E-state index contributed by atoms with van der Waals surface area (Å²) < 4.78 is 22.9. The van der Waals surface area contributed by atoms with Crippen molar-refractivity contribution in [3.05, 3.63) is 29.8 Å². The summed E-state index contributed by atoms with van der Waals surface area (Å²) >= 11 is 2.03. The highest BCUT2D eigenvalue weighted by molar-refractivity contribution is 7.99. The first kappa shape index (κ1) is 16.8. The summed E-state index contributed by atoms with van der Waals surface area (Å²) in [7, 11) is -3.11. The van der Waals surface area contributed by atoms with Gasteiger partial charge in [0.2, 0.25) is 0 Å². The highest BCUT2D eigenvalue weighted by Gasteiger charge is 2.11. The van der Waals surface area contributed by atoms with E-state index in [2.05, 4.69) is 17.1 Å². The number of hydrogen-bond donors (Lipinski definition) is 1. The van der Waals surface area contributed by atoms with Gasteiger partial charge in [-0.05, 0) is 24.6 Å². The van der Waals surface area contributed by atoms with Gasteiger partial charge in [-0.25, -0.2) is 8.42 Å². The second-order valence-corrected chi connectivity index (χ2v) is 8.71. The molecular weight excluding hydrogens is 304 g/mol. The molecule has 0 radical (unpaired) electrons. The minimum atomic E-state index is -3.11. The molecule has 21 heavy (non-hydrogen) atoms. The Kier molecular flexibility index (Phi) is 6.10. The van der Waals surface area contributed by atoms with Gasteiger partial charge in [-0.3, -0.25) is 0 Å². The summed E-state index contributed by atoms with van der Waals surface area (Å²) in [5.74, 6) is 2.48. The van der Waals surface area contributed by atoms with Crippen molar-refractivity contribution in [2.75, 3.05) is 43.9 Å². The van der Waals surface area contributed by atoms with Gasteiger partial charge in [-0.1, -0.05) is 12.1 Å². The predicted molar refractivity (Wildman–Crippen MR) is 89.7 cm³/mol. The third-order valence-electron chi connectivity index (χ3n) is 3.79. The molecule has 0 aliphatic carbocycles. The molecule has 1 heterocycles. The van der Waals surface area contributed by atoms with Crippen LogP contribution in [0.25, 0.3) is 0 Å². The standard InChI is InChI=1S/C15H24N2O2S2/c1-13(16-7-8-17-9-11-20-12-10-17)14-3-5-15(6-4-14)21(2,18)19/h3-6,13,16H,7-12H2,1-2H3. The van der Waals surface area contributed by atoms with Crippen LogP contribution in [0.1, 0.15) is 18.5 Å². The van der Waals surface area contributed by atoms with E-state index in [9.17, 15) is 8.42 Å². The van der Waals surface area contributed by atoms with Crippen LogP contribution in [0.15, 0.2) is 29.2 Å². The summed E-state index contributed by atoms with van der Waals surface area (Å²) in [6, 6.07) is 7.39. The molecule has 0 bridgehead atoms. The van der Waals surface area contributed by atoms with Crippen LogP contribution >= 0.6 is 11.8 Å². The van der Waals surface area contributed by atoms with Crippen molar-refractivity contribution in [2.24, 2.45) is 0 Å². The Balaban J connectivity index is 1.81. The Morgan fingerprint density at radius 2 is 1.86 bits per heavy atom. The lowest BCUT2D eigenvalue weighted by molar-refractivity contribution is 0.297. The van der Waals surface area contributed by atoms with Crippen LogP contribution < -0.4 is 5.32 Å². The van der Waals surface area contributed by atoms with Gasteiger partial charge in [-0.2, -0.15) is 11.8 Å². The predicted octanol–water partition coefficient (Wildman–Crippen LogP) is 1.79. The summed E-state index contributed by atoms with van der Waals surface area (Å²) in [5.41, 5.74) is 1.12. The van der Waals surface area contributed by atoms with E-state index in [0.29, 0.717) is 4.90 Å². The number of rotatable bonds is 6. The van der Waals surface area contributed by atoms with Gasteiger partial charge >= 0.3 is 0 Å². The minimum absolute atomic E-state index is 0.234. The monoisotopic (exact) mass is 328 g/mol. The maximum atomic E-state index is 11.4. The lowest BCUT2D eigenvalue weighted by Crippen LogP contribution is -2.38. The molecule has 1 aromatic rings. The van der Waals surface area contributed by atoms with E-state index in [1.807, 2.05) is 23.9 Å². The average Bonchev–Trinajstić information content (AvgIpc) is 2.47. The van der Waals surface area contributed by atoms with Crippen LogP contribution in [0.3, 0.4) is 0 Å². The molecule has 4 nitrogen and oxygen atoms in total. The fourth-order valence-electron chi connectivity index (χ4n) is 2.39. The van der Waals surface area contributed by atoms with Gasteiger partial charge < -0.3 is 10.2 Å². The molecule has 1 fully saturated rings. The first-order chi connectivity index (χ1) is 9.97. The zero-order valence-electron chi connectivity index (χ0n) is 12.7. The van der Waals surface area contributed by atoms with Crippen LogP contribution in [-0.2, 0) is 9.84 Å². The van der Waals surface area contributed by atoms with Crippen molar-refractivity contribution in [1.82, 2.24) is 10.2 Å². The Bertz CT molecular complexity index is 537. The first-order valence-electron chi connectivity index (χ1n) is 7.30. The molecule has 1 unspecified atom stereocenters. The molecular formula is C15H24N2O2S2. The van der Waals surface area contributed by atoms with Crippen molar-refractivity contribution in [1.29, 1.82) is 0 Å². The fourth-order valence-corrected chi connectivity index (χ4v) is 3.99. The van der Waals surface area contributed by atoms with E-state index in [4.69, 9.17) is 0 Å². The van der Waals surface area contributed by atoms with Crippen LogP contribution in [0, 0.1) is 0 Å². The normalized spacial score (nSPS) is 18.6. The van der Waals surface area contributed by atoms with Crippen LogP contribution in [0.5, 0.6) is 0 Å². The highest BCUT2D eigenvalue weighted by Crippen LogP contribution is 2.16. The lowest BCUT2D eigenvalue weighted by Gasteiger charge is -2.26. The molecule has 118 valence electrons. The van der Waals surface area contributed by atoms with E-state index >= 15 is 0 Å². The topological polar surface area (TPSA) is 49.4 Å². The molecule has 1 aliphatic heterocycles. The van der Waals surface area contributed by atoms with Crippen molar-refractivity contribution in [3.63, 3.8) is 0 Å². The highest BCUT2D eigenvalue weighted by atomic mass is 32.2. The fraction of sp³-hybridized carbons (Fsp3) is 0.600. The largest absolute Gasteiger partial charge is 0.309 e. The third kappa shape index (κ3) is 5.29.